The highest BCUT2D eigenvalue weighted by molar-refractivity contribution is 6.14. The highest BCUT2D eigenvalue weighted by Crippen LogP contribution is 2.34. The first-order chi connectivity index (χ1) is 12.0. The molecule has 0 atom stereocenters. The maximum atomic E-state index is 14.0. The number of nitrogens with zero attached hydrogens (tertiary/aromatic N) is 1. The zero-order valence-corrected chi connectivity index (χ0v) is 14.6. The summed E-state index contributed by atoms with van der Waals surface area (Å²) < 4.78 is 28.8. The number of halogens is 1. The smallest absolute Gasteiger partial charge is 0.347 e. The molecule has 1 fully saturated rings. The van der Waals surface area contributed by atoms with Gasteiger partial charge in [0.2, 0.25) is 0 Å². The molecule has 136 valence electrons. The molecular formula is C18H22FNO5. The van der Waals surface area contributed by atoms with Crippen LogP contribution in [0.2, 0.25) is 0 Å². The minimum atomic E-state index is -0.763. The molecule has 0 spiro atoms. The van der Waals surface area contributed by atoms with Gasteiger partial charge in [0.15, 0.2) is 17.1 Å². The number of anilines is 1. The maximum absolute atomic E-state index is 14.0. The third-order valence-corrected chi connectivity index (χ3v) is 3.63. The Morgan fingerprint density at radius 2 is 1.80 bits per heavy atom. The average molecular weight is 351 g/mol. The fourth-order valence-corrected chi connectivity index (χ4v) is 2.30. The van der Waals surface area contributed by atoms with Crippen molar-refractivity contribution in [2.24, 2.45) is 0 Å². The summed E-state index contributed by atoms with van der Waals surface area (Å²) in [6.45, 7) is 3.57. The number of hydrogen-bond donors (Lipinski definition) is 0. The minimum absolute atomic E-state index is 0.0895. The lowest BCUT2D eigenvalue weighted by molar-refractivity contribution is -0.146. The van der Waals surface area contributed by atoms with Crippen molar-refractivity contribution in [1.29, 1.82) is 0 Å². The number of ether oxygens (including phenoxy) is 3. The van der Waals surface area contributed by atoms with Gasteiger partial charge in [0, 0.05) is 24.0 Å². The van der Waals surface area contributed by atoms with Crippen LogP contribution in [0.3, 0.4) is 0 Å². The fraction of sp³-hybridized carbons (Fsp3) is 0.444. The normalized spacial score (nSPS) is 13.0. The van der Waals surface area contributed by atoms with Gasteiger partial charge < -0.3 is 19.1 Å². The standard InChI is InChI=1S/C18H22FNO5/c1-4-24-17(21)14(18(22)25-5-2)11-20(12-6-7-12)13-8-9-16(23-3)15(19)10-13/h8-12H,4-7H2,1-3H3. The molecular weight excluding hydrogens is 329 g/mol. The van der Waals surface area contributed by atoms with Crippen molar-refractivity contribution in [1.82, 2.24) is 0 Å². The minimum Gasteiger partial charge on any atom is -0.494 e. The Hall–Kier alpha value is -2.57. The number of methoxy groups -OCH3 is 1. The molecule has 0 unspecified atom stereocenters. The van der Waals surface area contributed by atoms with Crippen molar-refractivity contribution in [3.8, 4) is 5.75 Å². The van der Waals surface area contributed by atoms with Gasteiger partial charge in [-0.05, 0) is 38.8 Å². The van der Waals surface area contributed by atoms with Gasteiger partial charge >= 0.3 is 11.9 Å². The van der Waals surface area contributed by atoms with Crippen LogP contribution in [-0.2, 0) is 19.1 Å². The Morgan fingerprint density at radius 1 is 1.20 bits per heavy atom. The summed E-state index contributed by atoms with van der Waals surface area (Å²) in [5, 5.41) is 0. The van der Waals surface area contributed by atoms with Gasteiger partial charge in [0.1, 0.15) is 0 Å². The number of esters is 2. The van der Waals surface area contributed by atoms with Crippen molar-refractivity contribution in [2.75, 3.05) is 25.2 Å². The van der Waals surface area contributed by atoms with Crippen LogP contribution in [0.15, 0.2) is 30.0 Å². The summed E-state index contributed by atoms with van der Waals surface area (Å²) in [4.78, 5) is 25.9. The van der Waals surface area contributed by atoms with Gasteiger partial charge in [0.05, 0.1) is 20.3 Å². The van der Waals surface area contributed by atoms with E-state index in [9.17, 15) is 14.0 Å². The van der Waals surface area contributed by atoms with Gasteiger partial charge in [-0.15, -0.1) is 0 Å². The van der Waals surface area contributed by atoms with Crippen molar-refractivity contribution in [2.45, 2.75) is 32.7 Å². The van der Waals surface area contributed by atoms with E-state index in [-0.39, 0.29) is 30.6 Å². The predicted molar refractivity (Wildman–Crippen MR) is 89.8 cm³/mol. The van der Waals surface area contributed by atoms with Gasteiger partial charge in [0.25, 0.3) is 0 Å². The molecule has 2 rings (SSSR count). The van der Waals surface area contributed by atoms with Crippen LogP contribution in [0.25, 0.3) is 0 Å². The van der Waals surface area contributed by atoms with Crippen LogP contribution in [0.5, 0.6) is 5.75 Å². The molecule has 0 N–H and O–H groups in total. The first kappa shape index (κ1) is 18.8. The maximum Gasteiger partial charge on any atom is 0.347 e. The van der Waals surface area contributed by atoms with Crippen LogP contribution in [0.1, 0.15) is 26.7 Å². The quantitative estimate of drug-likeness (QED) is 0.311. The number of benzene rings is 1. The molecule has 25 heavy (non-hydrogen) atoms. The molecule has 1 aromatic rings. The highest BCUT2D eigenvalue weighted by Gasteiger charge is 2.31. The molecule has 1 aliphatic rings. The molecule has 7 heteroatoms. The van der Waals surface area contributed by atoms with Gasteiger partial charge in [-0.25, -0.2) is 14.0 Å². The Balaban J connectivity index is 2.39. The van der Waals surface area contributed by atoms with E-state index in [2.05, 4.69) is 0 Å². The lowest BCUT2D eigenvalue weighted by atomic mass is 10.2. The van der Waals surface area contributed by atoms with E-state index in [0.717, 1.165) is 12.8 Å². The van der Waals surface area contributed by atoms with Crippen molar-refractivity contribution in [3.05, 3.63) is 35.8 Å². The molecule has 1 aliphatic carbocycles. The van der Waals surface area contributed by atoms with Gasteiger partial charge in [-0.1, -0.05) is 0 Å². The van der Waals surface area contributed by atoms with E-state index in [0.29, 0.717) is 5.69 Å². The number of carbonyl (C=O) groups is 2. The zero-order valence-electron chi connectivity index (χ0n) is 14.6. The van der Waals surface area contributed by atoms with Gasteiger partial charge in [-0.3, -0.25) is 0 Å². The Morgan fingerprint density at radius 3 is 2.24 bits per heavy atom. The predicted octanol–water partition coefficient (Wildman–Crippen LogP) is 2.81. The molecule has 0 bridgehead atoms. The van der Waals surface area contributed by atoms with Crippen LogP contribution in [-0.4, -0.2) is 38.3 Å². The Labute approximate surface area is 146 Å². The van der Waals surface area contributed by atoms with Crippen molar-refractivity contribution in [3.63, 3.8) is 0 Å². The molecule has 0 amide bonds. The topological polar surface area (TPSA) is 65.1 Å². The molecule has 1 aromatic carbocycles. The van der Waals surface area contributed by atoms with Crippen LogP contribution in [0, 0.1) is 5.82 Å². The zero-order chi connectivity index (χ0) is 18.4. The second-order valence-electron chi connectivity index (χ2n) is 5.44. The molecule has 0 heterocycles. The first-order valence-electron chi connectivity index (χ1n) is 8.19. The number of carbonyl (C=O) groups excluding carboxylic acids is 2. The van der Waals surface area contributed by atoms with Crippen LogP contribution >= 0.6 is 0 Å². The summed E-state index contributed by atoms with van der Waals surface area (Å²) in [5.41, 5.74) is 0.304. The summed E-state index contributed by atoms with van der Waals surface area (Å²) in [6.07, 6.45) is 3.14. The average Bonchev–Trinajstić information content (AvgIpc) is 3.41. The summed E-state index contributed by atoms with van der Waals surface area (Å²) in [6, 6.07) is 4.57. The lowest BCUT2D eigenvalue weighted by Gasteiger charge is -2.22. The lowest BCUT2D eigenvalue weighted by Crippen LogP contribution is -2.25. The number of hydrogen-bond acceptors (Lipinski definition) is 6. The van der Waals surface area contributed by atoms with E-state index in [1.807, 2.05) is 0 Å². The van der Waals surface area contributed by atoms with Gasteiger partial charge in [-0.2, -0.15) is 0 Å². The Bertz CT molecular complexity index is 649. The first-order valence-corrected chi connectivity index (χ1v) is 8.19. The van der Waals surface area contributed by atoms with Crippen LogP contribution < -0.4 is 9.64 Å². The number of rotatable bonds is 8. The van der Waals surface area contributed by atoms with E-state index in [1.165, 1.54) is 25.4 Å². The van der Waals surface area contributed by atoms with Crippen LogP contribution in [0.4, 0.5) is 10.1 Å². The summed E-state index contributed by atoms with van der Waals surface area (Å²) in [5.74, 6) is -1.92. The highest BCUT2D eigenvalue weighted by atomic mass is 19.1. The van der Waals surface area contributed by atoms with E-state index in [4.69, 9.17) is 14.2 Å². The second kappa shape index (κ2) is 8.50. The summed E-state index contributed by atoms with van der Waals surface area (Å²) >= 11 is 0. The summed E-state index contributed by atoms with van der Waals surface area (Å²) in [7, 11) is 1.39. The monoisotopic (exact) mass is 351 g/mol. The Kier molecular flexibility index (Phi) is 6.38. The third-order valence-electron chi connectivity index (χ3n) is 3.63. The molecule has 0 saturated heterocycles. The largest absolute Gasteiger partial charge is 0.494 e. The van der Waals surface area contributed by atoms with E-state index < -0.39 is 17.8 Å². The van der Waals surface area contributed by atoms with Crippen molar-refractivity contribution >= 4 is 17.6 Å². The molecule has 0 radical (unpaired) electrons. The van der Waals surface area contributed by atoms with Crippen molar-refractivity contribution < 1.29 is 28.2 Å². The second-order valence-corrected chi connectivity index (χ2v) is 5.44. The molecule has 6 nitrogen and oxygen atoms in total. The molecule has 1 saturated carbocycles. The fourth-order valence-electron chi connectivity index (χ4n) is 2.30. The molecule has 0 aliphatic heterocycles. The van der Waals surface area contributed by atoms with E-state index >= 15 is 0 Å². The SMILES string of the molecule is CCOC(=O)C(=CN(c1ccc(OC)c(F)c1)C1CC1)C(=O)OCC. The third kappa shape index (κ3) is 4.71. The molecule has 0 aromatic heterocycles. The van der Waals surface area contributed by atoms with E-state index in [1.54, 1.807) is 24.8 Å².